The van der Waals surface area contributed by atoms with Crippen molar-refractivity contribution in [1.82, 2.24) is 0 Å². The number of esters is 1. The van der Waals surface area contributed by atoms with Crippen LogP contribution in [0, 0.1) is 20.2 Å². The second kappa shape index (κ2) is 10.7. The van der Waals surface area contributed by atoms with Gasteiger partial charge in [0.25, 0.3) is 11.4 Å². The number of aromatic hydroxyl groups is 1. The normalized spacial score (nSPS) is 10.4. The summed E-state index contributed by atoms with van der Waals surface area (Å²) in [5.74, 6) is 0.0155. The van der Waals surface area contributed by atoms with Crippen molar-refractivity contribution in [1.29, 1.82) is 0 Å². The van der Waals surface area contributed by atoms with Crippen molar-refractivity contribution in [2.75, 3.05) is 13.2 Å². The van der Waals surface area contributed by atoms with Gasteiger partial charge in [-0.25, -0.2) is 4.79 Å². The molecular weight excluding hydrogens is 432 g/mol. The third-order valence-electron chi connectivity index (χ3n) is 4.66. The lowest BCUT2D eigenvalue weighted by Gasteiger charge is -2.08. The van der Waals surface area contributed by atoms with E-state index in [2.05, 4.69) is 0 Å². The van der Waals surface area contributed by atoms with E-state index < -0.39 is 27.2 Å². The zero-order valence-electron chi connectivity index (χ0n) is 17.4. The predicted octanol–water partition coefficient (Wildman–Crippen LogP) is 4.89. The molecule has 0 saturated carbocycles. The standard InChI is InChI=1S/C23H20N2O8/c26-21-7-3-16(4-8-21)17-5-9-22(10-6-17)32-11-1-2-12-33-23(27)18-13-19(24(28)29)15-20(14-18)25(30)31/h3-10,13-15,26H,1-2,11-12H2. The second-order valence-corrected chi connectivity index (χ2v) is 7.02. The quantitative estimate of drug-likeness (QED) is 0.198. The highest BCUT2D eigenvalue weighted by atomic mass is 16.6. The smallest absolute Gasteiger partial charge is 0.338 e. The van der Waals surface area contributed by atoms with E-state index in [4.69, 9.17) is 9.47 Å². The molecule has 0 unspecified atom stereocenters. The molecule has 0 aliphatic carbocycles. The lowest BCUT2D eigenvalue weighted by atomic mass is 10.1. The van der Waals surface area contributed by atoms with Crippen LogP contribution in [-0.4, -0.2) is 34.1 Å². The van der Waals surface area contributed by atoms with E-state index in [1.807, 2.05) is 36.4 Å². The van der Waals surface area contributed by atoms with E-state index in [9.17, 15) is 30.1 Å². The summed E-state index contributed by atoms with van der Waals surface area (Å²) in [6, 6.07) is 17.0. The Morgan fingerprint density at radius 3 is 1.85 bits per heavy atom. The van der Waals surface area contributed by atoms with Crippen LogP contribution in [-0.2, 0) is 4.74 Å². The number of rotatable bonds is 10. The lowest BCUT2D eigenvalue weighted by molar-refractivity contribution is -0.394. The number of benzene rings is 3. The molecule has 0 amide bonds. The van der Waals surface area contributed by atoms with Gasteiger partial charge in [-0.3, -0.25) is 20.2 Å². The topological polar surface area (TPSA) is 142 Å². The number of carbonyl (C=O) groups is 1. The number of nitro groups is 2. The Morgan fingerprint density at radius 1 is 0.788 bits per heavy atom. The Morgan fingerprint density at radius 2 is 1.30 bits per heavy atom. The van der Waals surface area contributed by atoms with E-state index in [0.717, 1.165) is 29.3 Å². The van der Waals surface area contributed by atoms with Crippen molar-refractivity contribution >= 4 is 17.3 Å². The summed E-state index contributed by atoms with van der Waals surface area (Å²) < 4.78 is 10.7. The van der Waals surface area contributed by atoms with Crippen LogP contribution in [0.4, 0.5) is 11.4 Å². The van der Waals surface area contributed by atoms with Crippen molar-refractivity contribution in [3.05, 3.63) is 92.5 Å². The van der Waals surface area contributed by atoms with Crippen molar-refractivity contribution in [3.8, 4) is 22.6 Å². The van der Waals surface area contributed by atoms with Gasteiger partial charge in [0.2, 0.25) is 0 Å². The van der Waals surface area contributed by atoms with Crippen LogP contribution in [0.3, 0.4) is 0 Å². The maximum absolute atomic E-state index is 12.1. The SMILES string of the molecule is O=C(OCCCCOc1ccc(-c2ccc(O)cc2)cc1)c1cc([N+](=O)[O-])cc([N+](=O)[O-])c1. The fourth-order valence-corrected chi connectivity index (χ4v) is 2.96. The van der Waals surface area contributed by atoms with Crippen molar-refractivity contribution in [2.24, 2.45) is 0 Å². The van der Waals surface area contributed by atoms with Crippen LogP contribution in [0.1, 0.15) is 23.2 Å². The molecule has 0 bridgehead atoms. The molecular formula is C23H20N2O8. The average molecular weight is 452 g/mol. The molecule has 33 heavy (non-hydrogen) atoms. The number of non-ortho nitro benzene ring substituents is 2. The highest BCUT2D eigenvalue weighted by Gasteiger charge is 2.20. The fourth-order valence-electron chi connectivity index (χ4n) is 2.96. The molecule has 0 fully saturated rings. The summed E-state index contributed by atoms with van der Waals surface area (Å²) in [5.41, 5.74) is 0.591. The molecule has 10 nitrogen and oxygen atoms in total. The van der Waals surface area contributed by atoms with Gasteiger partial charge < -0.3 is 14.6 Å². The molecule has 170 valence electrons. The summed E-state index contributed by atoms with van der Waals surface area (Å²) in [4.78, 5) is 32.3. The predicted molar refractivity (Wildman–Crippen MR) is 118 cm³/mol. The van der Waals surface area contributed by atoms with Crippen LogP contribution in [0.2, 0.25) is 0 Å². The number of unbranched alkanes of at least 4 members (excludes halogenated alkanes) is 1. The molecule has 1 N–H and O–H groups in total. The van der Waals surface area contributed by atoms with Gasteiger partial charge >= 0.3 is 5.97 Å². The molecule has 0 saturated heterocycles. The Labute approximate surface area is 188 Å². The minimum Gasteiger partial charge on any atom is -0.508 e. The molecule has 3 aromatic carbocycles. The van der Waals surface area contributed by atoms with Gasteiger partial charge in [0.15, 0.2) is 0 Å². The number of phenolic OH excluding ortho intramolecular Hbond substituents is 1. The third-order valence-corrected chi connectivity index (χ3v) is 4.66. The Balaban J connectivity index is 1.43. The van der Waals surface area contributed by atoms with E-state index in [0.29, 0.717) is 25.2 Å². The van der Waals surface area contributed by atoms with Crippen LogP contribution >= 0.6 is 0 Å². The largest absolute Gasteiger partial charge is 0.508 e. The summed E-state index contributed by atoms with van der Waals surface area (Å²) >= 11 is 0. The Hall–Kier alpha value is -4.47. The van der Waals surface area contributed by atoms with E-state index in [1.54, 1.807) is 12.1 Å². The minimum atomic E-state index is -0.868. The molecule has 0 aromatic heterocycles. The number of nitrogens with zero attached hydrogens (tertiary/aromatic N) is 2. The maximum Gasteiger partial charge on any atom is 0.338 e. The van der Waals surface area contributed by atoms with Gasteiger partial charge in [0.1, 0.15) is 11.5 Å². The van der Waals surface area contributed by atoms with E-state index >= 15 is 0 Å². The first-order valence-electron chi connectivity index (χ1n) is 9.97. The third kappa shape index (κ3) is 6.50. The molecule has 0 heterocycles. The fraction of sp³-hybridized carbons (Fsp3) is 0.174. The molecule has 0 spiro atoms. The van der Waals surface area contributed by atoms with Crippen LogP contribution in [0.5, 0.6) is 11.5 Å². The van der Waals surface area contributed by atoms with Gasteiger partial charge in [-0.2, -0.15) is 0 Å². The first kappa shape index (κ1) is 23.2. The molecule has 3 rings (SSSR count). The summed E-state index contributed by atoms with van der Waals surface area (Å²) in [6.07, 6.45) is 1.07. The van der Waals surface area contributed by atoms with E-state index in [1.165, 1.54) is 0 Å². The van der Waals surface area contributed by atoms with Crippen LogP contribution in [0.15, 0.2) is 66.7 Å². The van der Waals surface area contributed by atoms with Gasteiger partial charge in [0.05, 0.1) is 34.7 Å². The summed E-state index contributed by atoms with van der Waals surface area (Å²) in [6.45, 7) is 0.427. The Bertz CT molecular complexity index is 1110. The first-order chi connectivity index (χ1) is 15.8. The van der Waals surface area contributed by atoms with Crippen molar-refractivity contribution in [3.63, 3.8) is 0 Å². The molecule has 0 radical (unpaired) electrons. The van der Waals surface area contributed by atoms with Crippen molar-refractivity contribution in [2.45, 2.75) is 12.8 Å². The number of hydrogen-bond acceptors (Lipinski definition) is 8. The van der Waals surface area contributed by atoms with Gasteiger partial charge in [0, 0.05) is 12.1 Å². The molecule has 3 aromatic rings. The molecule has 0 atom stereocenters. The molecule has 10 heteroatoms. The zero-order valence-corrected chi connectivity index (χ0v) is 17.4. The maximum atomic E-state index is 12.1. The number of hydrogen-bond donors (Lipinski definition) is 1. The minimum absolute atomic E-state index is 0.0402. The number of nitro benzene ring substituents is 2. The van der Waals surface area contributed by atoms with Gasteiger partial charge in [-0.15, -0.1) is 0 Å². The molecule has 0 aliphatic rings. The summed E-state index contributed by atoms with van der Waals surface area (Å²) in [5, 5.41) is 31.2. The second-order valence-electron chi connectivity index (χ2n) is 7.02. The highest BCUT2D eigenvalue weighted by Crippen LogP contribution is 2.25. The van der Waals surface area contributed by atoms with Crippen LogP contribution in [0.25, 0.3) is 11.1 Å². The monoisotopic (exact) mass is 452 g/mol. The molecule has 0 aliphatic heterocycles. The summed E-state index contributed by atoms with van der Waals surface area (Å²) in [7, 11) is 0. The van der Waals surface area contributed by atoms with E-state index in [-0.39, 0.29) is 17.9 Å². The first-order valence-corrected chi connectivity index (χ1v) is 9.97. The highest BCUT2D eigenvalue weighted by molar-refractivity contribution is 5.91. The zero-order chi connectivity index (χ0) is 23.8. The number of carbonyl (C=O) groups excluding carboxylic acids is 1. The number of phenols is 1. The van der Waals surface area contributed by atoms with Gasteiger partial charge in [-0.1, -0.05) is 24.3 Å². The van der Waals surface area contributed by atoms with Gasteiger partial charge in [-0.05, 0) is 48.2 Å². The number of ether oxygens (including phenoxy) is 2. The lowest BCUT2D eigenvalue weighted by Crippen LogP contribution is -2.09. The average Bonchev–Trinajstić information content (AvgIpc) is 2.81. The van der Waals surface area contributed by atoms with Crippen molar-refractivity contribution < 1.29 is 29.2 Å². The van der Waals surface area contributed by atoms with Crippen LogP contribution < -0.4 is 4.74 Å². The Kier molecular flexibility index (Phi) is 7.53.